The van der Waals surface area contributed by atoms with Crippen molar-refractivity contribution in [3.63, 3.8) is 0 Å². The molecule has 0 heterocycles. The second-order valence-electron chi connectivity index (χ2n) is 7.60. The van der Waals surface area contributed by atoms with Crippen LogP contribution in [0.15, 0.2) is 0 Å². The molecule has 0 aromatic heterocycles. The van der Waals surface area contributed by atoms with E-state index in [1.54, 1.807) is 6.92 Å². The summed E-state index contributed by atoms with van der Waals surface area (Å²) in [5, 5.41) is 0. The monoisotopic (exact) mass is 550 g/mol. The van der Waals surface area contributed by atoms with E-state index in [0.29, 0.717) is 6.42 Å². The van der Waals surface area contributed by atoms with Crippen molar-refractivity contribution < 1.29 is 37.9 Å². The standard InChI is InChI=1S/C30H31O8P/c1-3-5-7-9-11-13-14-15-16-17-19-20-22-24-29(31)36-26-28(27-37-39(33,34)35)38-30(32)25-23-21-18-12-10-8-6-4-2/h28H,4,6,8,10,12,18,21,23,25-27H2,1-2H3,(H2,33,34,35)/t28-/m0/s1. The van der Waals surface area contributed by atoms with Crippen LogP contribution >= 0.6 is 7.82 Å². The Kier molecular flexibility index (Phi) is 21.8. The number of rotatable bonds is 15. The second kappa shape index (κ2) is 24.3. The minimum atomic E-state index is -4.81. The molecule has 0 fully saturated rings. The quantitative estimate of drug-likeness (QED) is 0.105. The van der Waals surface area contributed by atoms with Crippen LogP contribution in [-0.4, -0.2) is 41.0 Å². The third-order valence-corrected chi connectivity index (χ3v) is 4.82. The number of phosphoric acid groups is 1. The molecule has 0 aliphatic rings. The molecule has 39 heavy (non-hydrogen) atoms. The number of hydrogen-bond acceptors (Lipinski definition) is 6. The molecular weight excluding hydrogens is 519 g/mol. The first-order chi connectivity index (χ1) is 18.8. The van der Waals surface area contributed by atoms with Crippen molar-refractivity contribution in [1.82, 2.24) is 0 Å². The Bertz CT molecular complexity index is 1280. The Balaban J connectivity index is 4.62. The van der Waals surface area contributed by atoms with E-state index in [1.165, 1.54) is 25.7 Å². The van der Waals surface area contributed by atoms with Gasteiger partial charge < -0.3 is 19.3 Å². The lowest BCUT2D eigenvalue weighted by molar-refractivity contribution is -0.158. The molecule has 0 aromatic carbocycles. The van der Waals surface area contributed by atoms with E-state index in [2.05, 4.69) is 94.3 Å². The number of hydrogen-bond donors (Lipinski definition) is 2. The molecule has 8 nitrogen and oxygen atoms in total. The summed E-state index contributed by atoms with van der Waals surface area (Å²) in [4.78, 5) is 41.7. The van der Waals surface area contributed by atoms with Gasteiger partial charge in [0, 0.05) is 12.3 Å². The number of carbonyl (C=O) groups is 2. The molecule has 0 aromatic rings. The fourth-order valence-electron chi connectivity index (χ4n) is 2.61. The van der Waals surface area contributed by atoms with Crippen molar-refractivity contribution in [3.8, 4) is 82.9 Å². The molecule has 0 saturated heterocycles. The number of unbranched alkanes of at least 4 members (excludes halogenated alkanes) is 7. The first-order valence-corrected chi connectivity index (χ1v) is 13.8. The molecule has 2 N–H and O–H groups in total. The van der Waals surface area contributed by atoms with E-state index in [-0.39, 0.29) is 6.42 Å². The molecule has 0 unspecified atom stereocenters. The minimum Gasteiger partial charge on any atom is -0.456 e. The zero-order valence-corrected chi connectivity index (χ0v) is 23.0. The molecule has 0 spiro atoms. The molecule has 204 valence electrons. The average Bonchev–Trinajstić information content (AvgIpc) is 2.89. The molecule has 0 aliphatic heterocycles. The lowest BCUT2D eigenvalue weighted by Gasteiger charge is -2.17. The molecule has 0 aliphatic carbocycles. The predicted molar refractivity (Wildman–Crippen MR) is 146 cm³/mol. The highest BCUT2D eigenvalue weighted by Gasteiger charge is 2.22. The summed E-state index contributed by atoms with van der Waals surface area (Å²) in [6, 6.07) is 0. The Morgan fingerprint density at radius 3 is 1.72 bits per heavy atom. The fourth-order valence-corrected chi connectivity index (χ4v) is 2.97. The highest BCUT2D eigenvalue weighted by Crippen LogP contribution is 2.35. The van der Waals surface area contributed by atoms with Gasteiger partial charge in [-0.15, -0.1) is 0 Å². The maximum Gasteiger partial charge on any atom is 0.469 e. The van der Waals surface area contributed by atoms with E-state index in [4.69, 9.17) is 19.3 Å². The SMILES string of the molecule is CC#CC#CC#CC#CC#CC#CC#CC(=O)OC[C@@H](COP(=O)(O)O)OC(=O)CCCCCCCCCC. The van der Waals surface area contributed by atoms with Gasteiger partial charge in [-0.25, -0.2) is 9.36 Å². The fraction of sp³-hybridized carbons (Fsp3) is 0.467. The van der Waals surface area contributed by atoms with Crippen LogP contribution in [0.1, 0.15) is 71.6 Å². The number of carbonyl (C=O) groups excluding carboxylic acids is 2. The molecule has 0 rings (SSSR count). The van der Waals surface area contributed by atoms with Gasteiger partial charge >= 0.3 is 19.8 Å². The van der Waals surface area contributed by atoms with Gasteiger partial charge in [-0.2, -0.15) is 0 Å². The van der Waals surface area contributed by atoms with Crippen molar-refractivity contribution >= 4 is 19.8 Å². The summed E-state index contributed by atoms with van der Waals surface area (Å²) in [5.41, 5.74) is 0. The summed E-state index contributed by atoms with van der Waals surface area (Å²) in [5.74, 6) is 32.2. The summed E-state index contributed by atoms with van der Waals surface area (Å²) < 4.78 is 25.4. The maximum atomic E-state index is 12.1. The van der Waals surface area contributed by atoms with E-state index < -0.39 is 39.1 Å². The number of phosphoric ester groups is 1. The summed E-state index contributed by atoms with van der Waals surface area (Å²) in [6.07, 6.45) is 7.31. The van der Waals surface area contributed by atoms with Gasteiger partial charge in [0.25, 0.3) is 0 Å². The van der Waals surface area contributed by atoms with Crippen LogP contribution in [0.5, 0.6) is 0 Å². The van der Waals surface area contributed by atoms with Gasteiger partial charge in [0.2, 0.25) is 0 Å². The van der Waals surface area contributed by atoms with Crippen molar-refractivity contribution in [2.24, 2.45) is 0 Å². The van der Waals surface area contributed by atoms with Crippen LogP contribution in [0.3, 0.4) is 0 Å². The van der Waals surface area contributed by atoms with E-state index in [0.717, 1.165) is 19.3 Å². The van der Waals surface area contributed by atoms with Crippen LogP contribution < -0.4 is 0 Å². The van der Waals surface area contributed by atoms with Crippen molar-refractivity contribution in [3.05, 3.63) is 0 Å². The van der Waals surface area contributed by atoms with Gasteiger partial charge in [0.05, 0.1) is 6.61 Å². The van der Waals surface area contributed by atoms with E-state index >= 15 is 0 Å². The molecule has 0 amide bonds. The molecule has 1 atom stereocenters. The first-order valence-electron chi connectivity index (χ1n) is 12.3. The smallest absolute Gasteiger partial charge is 0.456 e. The number of esters is 2. The third kappa shape index (κ3) is 26.8. The largest absolute Gasteiger partial charge is 0.469 e. The summed E-state index contributed by atoms with van der Waals surface area (Å²) in [6.45, 7) is 2.66. The molecular formula is C30H31O8P. The van der Waals surface area contributed by atoms with E-state index in [9.17, 15) is 14.2 Å². The second-order valence-corrected chi connectivity index (χ2v) is 8.84. The van der Waals surface area contributed by atoms with Crippen LogP contribution in [-0.2, 0) is 28.2 Å². The Morgan fingerprint density at radius 1 is 0.718 bits per heavy atom. The number of ether oxygens (including phenoxy) is 2. The van der Waals surface area contributed by atoms with Gasteiger partial charge in [-0.1, -0.05) is 57.8 Å². The summed E-state index contributed by atoms with van der Waals surface area (Å²) >= 11 is 0. The molecule has 0 bridgehead atoms. The Hall–Kier alpha value is -4.03. The topological polar surface area (TPSA) is 119 Å². The van der Waals surface area contributed by atoms with E-state index in [1.807, 2.05) is 0 Å². The molecule has 0 radical (unpaired) electrons. The average molecular weight is 551 g/mol. The van der Waals surface area contributed by atoms with Gasteiger partial charge in [-0.3, -0.25) is 9.32 Å². The molecule has 0 saturated carbocycles. The molecule has 9 heteroatoms. The normalized spacial score (nSPS) is 9.54. The van der Waals surface area contributed by atoms with Crippen LogP contribution in [0.25, 0.3) is 0 Å². The Labute approximate surface area is 231 Å². The van der Waals surface area contributed by atoms with Crippen LogP contribution in [0.2, 0.25) is 0 Å². The third-order valence-electron chi connectivity index (χ3n) is 4.34. The van der Waals surface area contributed by atoms with Gasteiger partial charge in [0.1, 0.15) is 6.61 Å². The van der Waals surface area contributed by atoms with Crippen molar-refractivity contribution in [1.29, 1.82) is 0 Å². The Morgan fingerprint density at radius 2 is 1.21 bits per heavy atom. The lowest BCUT2D eigenvalue weighted by atomic mass is 10.1. The first kappa shape index (κ1) is 35.0. The zero-order valence-electron chi connectivity index (χ0n) is 22.1. The highest BCUT2D eigenvalue weighted by atomic mass is 31.2. The van der Waals surface area contributed by atoms with Crippen LogP contribution in [0.4, 0.5) is 0 Å². The van der Waals surface area contributed by atoms with Gasteiger partial charge in [-0.05, 0) is 84.4 Å². The minimum absolute atomic E-state index is 0.130. The zero-order chi connectivity index (χ0) is 29.0. The maximum absolute atomic E-state index is 12.1. The van der Waals surface area contributed by atoms with Gasteiger partial charge in [0.15, 0.2) is 6.10 Å². The highest BCUT2D eigenvalue weighted by molar-refractivity contribution is 7.46. The predicted octanol–water partition coefficient (Wildman–Crippen LogP) is 3.13. The summed E-state index contributed by atoms with van der Waals surface area (Å²) in [7, 11) is -4.81. The van der Waals surface area contributed by atoms with Crippen molar-refractivity contribution in [2.75, 3.05) is 13.2 Å². The lowest BCUT2D eigenvalue weighted by Crippen LogP contribution is -2.29. The van der Waals surface area contributed by atoms with Crippen molar-refractivity contribution in [2.45, 2.75) is 77.7 Å². The van der Waals surface area contributed by atoms with Crippen LogP contribution in [0, 0.1) is 82.9 Å².